The van der Waals surface area contributed by atoms with Crippen LogP contribution in [0, 0.1) is 5.92 Å². The van der Waals surface area contributed by atoms with Crippen LogP contribution < -0.4 is 51.4 Å². The van der Waals surface area contributed by atoms with E-state index in [9.17, 15) is 17.7 Å². The van der Waals surface area contributed by atoms with Crippen LogP contribution in [0.25, 0.3) is 0 Å². The molecule has 0 atom stereocenters. The minimum absolute atomic E-state index is 0. The second kappa shape index (κ2) is 5.69. The van der Waals surface area contributed by atoms with E-state index in [1.807, 2.05) is 0 Å². The first kappa shape index (κ1) is 14.7. The van der Waals surface area contributed by atoms with Crippen molar-refractivity contribution >= 4 is 12.9 Å². The molecule has 14 heavy (non-hydrogen) atoms. The van der Waals surface area contributed by atoms with Crippen LogP contribution in [0.5, 0.6) is 0 Å². The first-order valence-electron chi connectivity index (χ1n) is 3.91. The molecule has 1 aliphatic carbocycles. The molecule has 0 aromatic rings. The molecule has 74 valence electrons. The van der Waals surface area contributed by atoms with Gasteiger partial charge in [-0.15, -0.1) is 11.5 Å². The molecule has 0 aromatic heterocycles. The number of halogens is 3. The molecule has 0 radical (unpaired) electrons. The molecule has 2 nitrogen and oxygen atoms in total. The van der Waals surface area contributed by atoms with Crippen molar-refractivity contribution in [3.8, 4) is 0 Å². The molecule has 0 aromatic carbocycles. The SMILES string of the molecule is COC(=O)C1CC(=C[B-](F)(F)F)C1.[K+]. The van der Waals surface area contributed by atoms with Crippen LogP contribution >= 0.6 is 0 Å². The normalized spacial score (nSPS) is 20.6. The summed E-state index contributed by atoms with van der Waals surface area (Å²) in [5, 5.41) is 0. The summed E-state index contributed by atoms with van der Waals surface area (Å²) < 4.78 is 39.8. The fourth-order valence-electron chi connectivity index (χ4n) is 1.31. The number of ether oxygens (including phenoxy) is 1. The van der Waals surface area contributed by atoms with Gasteiger partial charge in [-0.25, -0.2) is 0 Å². The zero-order valence-electron chi connectivity index (χ0n) is 8.10. The summed E-state index contributed by atoms with van der Waals surface area (Å²) >= 11 is 0. The summed E-state index contributed by atoms with van der Waals surface area (Å²) in [5.41, 5.74) is 0.294. The Morgan fingerprint density at radius 3 is 2.36 bits per heavy atom. The van der Waals surface area contributed by atoms with Crippen molar-refractivity contribution in [2.75, 3.05) is 7.11 Å². The van der Waals surface area contributed by atoms with E-state index in [1.54, 1.807) is 0 Å². The summed E-state index contributed by atoms with van der Waals surface area (Å²) in [6.45, 7) is -4.86. The summed E-state index contributed by atoms with van der Waals surface area (Å²) in [4.78, 5) is 10.8. The fourth-order valence-corrected chi connectivity index (χ4v) is 1.31. The maximum absolute atomic E-state index is 11.8. The Morgan fingerprint density at radius 2 is 2.00 bits per heavy atom. The van der Waals surface area contributed by atoms with Gasteiger partial charge in [0.1, 0.15) is 0 Å². The van der Waals surface area contributed by atoms with Gasteiger partial charge in [0, 0.05) is 0 Å². The molecule has 1 aliphatic rings. The van der Waals surface area contributed by atoms with Crippen molar-refractivity contribution in [3.05, 3.63) is 11.5 Å². The zero-order chi connectivity index (χ0) is 10.1. The molecule has 0 unspecified atom stereocenters. The minimum atomic E-state index is -4.86. The molecule has 0 bridgehead atoms. The first-order valence-corrected chi connectivity index (χ1v) is 3.91. The molecule has 0 N–H and O–H groups in total. The van der Waals surface area contributed by atoms with Gasteiger partial charge in [0.2, 0.25) is 0 Å². The molecular weight excluding hydrogens is 223 g/mol. The van der Waals surface area contributed by atoms with Gasteiger partial charge >= 0.3 is 64.3 Å². The number of esters is 1. The molecule has 0 spiro atoms. The Bertz CT molecular complexity index is 244. The van der Waals surface area contributed by atoms with Crippen LogP contribution in [0.1, 0.15) is 12.8 Å². The standard InChI is InChI=1S/C7H9BF3O2.K/c1-13-7(12)6-2-5(3-6)4-8(9,10)11;/h4,6H,2-3H2,1H3;/q-1;+1. The third-order valence-electron chi connectivity index (χ3n) is 1.98. The second-order valence-electron chi connectivity index (χ2n) is 3.08. The molecule has 0 aliphatic heterocycles. The molecule has 0 amide bonds. The number of allylic oxidation sites excluding steroid dienone is 1. The van der Waals surface area contributed by atoms with Crippen molar-refractivity contribution in [1.29, 1.82) is 0 Å². The first-order chi connectivity index (χ1) is 5.92. The van der Waals surface area contributed by atoms with Crippen LogP contribution in [0.3, 0.4) is 0 Å². The predicted octanol–water partition coefficient (Wildman–Crippen LogP) is -1.11. The number of carbonyl (C=O) groups excluding carboxylic acids is 1. The van der Waals surface area contributed by atoms with Gasteiger partial charge in [-0.1, -0.05) is 0 Å². The maximum Gasteiger partial charge on any atom is 1.00 e. The predicted molar refractivity (Wildman–Crippen MR) is 41.9 cm³/mol. The van der Waals surface area contributed by atoms with Crippen molar-refractivity contribution in [2.24, 2.45) is 5.92 Å². The van der Waals surface area contributed by atoms with Crippen molar-refractivity contribution < 1.29 is 73.9 Å². The molecule has 0 heterocycles. The van der Waals surface area contributed by atoms with Crippen LogP contribution in [-0.2, 0) is 9.53 Å². The summed E-state index contributed by atoms with van der Waals surface area (Å²) in [6, 6.07) is 0. The van der Waals surface area contributed by atoms with Gasteiger partial charge in [0.05, 0.1) is 13.0 Å². The van der Waals surface area contributed by atoms with E-state index < -0.39 is 12.9 Å². The number of carbonyl (C=O) groups is 1. The topological polar surface area (TPSA) is 26.3 Å². The van der Waals surface area contributed by atoms with Gasteiger partial charge in [-0.2, -0.15) is 0 Å². The van der Waals surface area contributed by atoms with E-state index in [1.165, 1.54) is 7.11 Å². The van der Waals surface area contributed by atoms with Crippen molar-refractivity contribution in [3.63, 3.8) is 0 Å². The average Bonchev–Trinajstić information content (AvgIpc) is 1.92. The number of hydrogen-bond donors (Lipinski definition) is 0. The Hall–Kier alpha value is 0.701. The van der Waals surface area contributed by atoms with Gasteiger partial charge in [0.25, 0.3) is 0 Å². The van der Waals surface area contributed by atoms with Gasteiger partial charge in [0.15, 0.2) is 0 Å². The van der Waals surface area contributed by atoms with Gasteiger partial charge < -0.3 is 17.7 Å². The number of rotatable bonds is 2. The van der Waals surface area contributed by atoms with Crippen molar-refractivity contribution in [2.45, 2.75) is 12.8 Å². The van der Waals surface area contributed by atoms with Crippen LogP contribution in [0.15, 0.2) is 11.5 Å². The molecule has 7 heteroatoms. The van der Waals surface area contributed by atoms with E-state index >= 15 is 0 Å². The fraction of sp³-hybridized carbons (Fsp3) is 0.571. The minimum Gasteiger partial charge on any atom is -0.469 e. The van der Waals surface area contributed by atoms with E-state index in [0.717, 1.165) is 0 Å². The van der Waals surface area contributed by atoms with Crippen molar-refractivity contribution in [1.82, 2.24) is 0 Å². The quantitative estimate of drug-likeness (QED) is 0.445. The molecule has 1 fully saturated rings. The molecule has 1 saturated carbocycles. The summed E-state index contributed by atoms with van der Waals surface area (Å²) in [6.07, 6.45) is 0.377. The van der Waals surface area contributed by atoms with Gasteiger partial charge in [-0.3, -0.25) is 4.79 Å². The average molecular weight is 232 g/mol. The monoisotopic (exact) mass is 232 g/mol. The van der Waals surface area contributed by atoms with E-state index in [0.29, 0.717) is 11.5 Å². The smallest absolute Gasteiger partial charge is 0.469 e. The van der Waals surface area contributed by atoms with E-state index in [-0.39, 0.29) is 70.1 Å². The third kappa shape index (κ3) is 4.48. The Kier molecular flexibility index (Phi) is 5.98. The summed E-state index contributed by atoms with van der Waals surface area (Å²) in [7, 11) is 1.23. The molecule has 0 saturated heterocycles. The number of methoxy groups -OCH3 is 1. The molecule has 1 rings (SSSR count). The van der Waals surface area contributed by atoms with E-state index in [2.05, 4.69) is 4.74 Å². The van der Waals surface area contributed by atoms with Gasteiger partial charge in [-0.05, 0) is 12.8 Å². The second-order valence-corrected chi connectivity index (χ2v) is 3.08. The Balaban J connectivity index is 0.00000169. The Morgan fingerprint density at radius 1 is 1.50 bits per heavy atom. The van der Waals surface area contributed by atoms with E-state index in [4.69, 9.17) is 0 Å². The molecular formula is C7H9BF3KO2. The van der Waals surface area contributed by atoms with Crippen LogP contribution in [-0.4, -0.2) is 20.1 Å². The summed E-state index contributed by atoms with van der Waals surface area (Å²) in [5.74, 6) is -0.472. The van der Waals surface area contributed by atoms with Crippen LogP contribution in [0.4, 0.5) is 12.9 Å². The Labute approximate surface area is 123 Å². The maximum atomic E-state index is 11.8. The number of hydrogen-bond acceptors (Lipinski definition) is 2. The largest absolute Gasteiger partial charge is 1.00 e. The third-order valence-corrected chi connectivity index (χ3v) is 1.98. The van der Waals surface area contributed by atoms with Crippen LogP contribution in [0.2, 0.25) is 0 Å². The zero-order valence-corrected chi connectivity index (χ0v) is 11.2.